The Labute approximate surface area is 217 Å². The van der Waals surface area contributed by atoms with Crippen molar-refractivity contribution < 1.29 is 37.6 Å². The Morgan fingerprint density at radius 2 is 1.92 bits per heavy atom. The molecule has 2 atom stereocenters. The molecule has 200 valence electrons. The molecule has 1 aromatic rings. The Morgan fingerprint density at radius 3 is 2.51 bits per heavy atom. The minimum atomic E-state index is -3.25. The molecule has 2 saturated heterocycles. The zero-order valence-electron chi connectivity index (χ0n) is 20.0. The second-order valence-electron chi connectivity index (χ2n) is 9.32. The fourth-order valence-corrected chi connectivity index (χ4v) is 7.50. The van der Waals surface area contributed by atoms with Crippen LogP contribution in [0.4, 0.5) is 5.69 Å². The van der Waals surface area contributed by atoms with Gasteiger partial charge in [-0.3, -0.25) is 19.7 Å². The van der Waals surface area contributed by atoms with Crippen LogP contribution >= 0.6 is 11.8 Å². The summed E-state index contributed by atoms with van der Waals surface area (Å²) in [5.74, 6) is -2.17. The van der Waals surface area contributed by atoms with Gasteiger partial charge in [0.1, 0.15) is 12.3 Å². The van der Waals surface area contributed by atoms with Crippen LogP contribution in [0.1, 0.15) is 31.7 Å². The van der Waals surface area contributed by atoms with E-state index in [1.807, 2.05) is 0 Å². The van der Waals surface area contributed by atoms with Gasteiger partial charge in [0.25, 0.3) is 5.69 Å². The minimum Gasteiger partial charge on any atom is -0.456 e. The summed E-state index contributed by atoms with van der Waals surface area (Å²) >= 11 is 1.30. The van der Waals surface area contributed by atoms with Gasteiger partial charge in [-0.05, 0) is 30.5 Å². The SMILES string of the molecule is CC(=O)NCCSC1=C(C(=O)OCc2ccc([N+](=O)[O-])cc2)N2C(=O)[C@@H](C3(O)CCS(=O)(=O)CC3)[C@H]2C1. The first-order chi connectivity index (χ1) is 17.4. The van der Waals surface area contributed by atoms with Gasteiger partial charge >= 0.3 is 5.97 Å². The van der Waals surface area contributed by atoms with Crippen LogP contribution in [0.2, 0.25) is 0 Å². The van der Waals surface area contributed by atoms with Crippen LogP contribution in [0.5, 0.6) is 0 Å². The normalized spacial score (nSPS) is 23.7. The number of hydrogen-bond donors (Lipinski definition) is 2. The number of benzene rings is 1. The molecule has 37 heavy (non-hydrogen) atoms. The Balaban J connectivity index is 1.49. The van der Waals surface area contributed by atoms with Crippen molar-refractivity contribution in [2.45, 2.75) is 44.4 Å². The van der Waals surface area contributed by atoms with E-state index in [1.165, 1.54) is 47.9 Å². The molecule has 0 unspecified atom stereocenters. The third-order valence-corrected chi connectivity index (χ3v) is 9.62. The zero-order chi connectivity index (χ0) is 27.0. The number of hydrogen-bond acceptors (Lipinski definition) is 10. The van der Waals surface area contributed by atoms with E-state index in [2.05, 4.69) is 5.32 Å². The van der Waals surface area contributed by atoms with Crippen molar-refractivity contribution in [2.75, 3.05) is 23.8 Å². The fraction of sp³-hybridized carbons (Fsp3) is 0.522. The van der Waals surface area contributed by atoms with Crippen LogP contribution in [0.15, 0.2) is 34.9 Å². The van der Waals surface area contributed by atoms with Crippen molar-refractivity contribution in [2.24, 2.45) is 5.92 Å². The Kier molecular flexibility index (Phi) is 7.62. The van der Waals surface area contributed by atoms with Crippen LogP contribution in [0, 0.1) is 16.0 Å². The smallest absolute Gasteiger partial charge is 0.356 e. The molecule has 0 spiro atoms. The van der Waals surface area contributed by atoms with Gasteiger partial charge in [-0.1, -0.05) is 0 Å². The molecule has 0 saturated carbocycles. The number of thioether (sulfide) groups is 1. The van der Waals surface area contributed by atoms with E-state index >= 15 is 0 Å². The topological polar surface area (TPSA) is 173 Å². The highest BCUT2D eigenvalue weighted by molar-refractivity contribution is 8.03. The third-order valence-electron chi connectivity index (χ3n) is 6.85. The molecule has 3 aliphatic heterocycles. The number of nitro groups is 1. The van der Waals surface area contributed by atoms with E-state index in [4.69, 9.17) is 4.74 Å². The van der Waals surface area contributed by atoms with Crippen LogP contribution in [-0.4, -0.2) is 76.6 Å². The van der Waals surface area contributed by atoms with Crippen LogP contribution in [-0.2, 0) is 35.6 Å². The summed E-state index contributed by atoms with van der Waals surface area (Å²) in [6.45, 7) is 1.57. The summed E-state index contributed by atoms with van der Waals surface area (Å²) in [5, 5.41) is 24.7. The van der Waals surface area contributed by atoms with Crippen LogP contribution in [0.25, 0.3) is 0 Å². The quantitative estimate of drug-likeness (QED) is 0.147. The monoisotopic (exact) mass is 553 g/mol. The molecular formula is C23H27N3O9S2. The Hall–Kier alpha value is -2.97. The highest BCUT2D eigenvalue weighted by Gasteiger charge is 2.63. The molecular weight excluding hydrogens is 526 g/mol. The number of ether oxygens (including phenoxy) is 1. The second kappa shape index (κ2) is 10.4. The molecule has 0 radical (unpaired) electrons. The molecule has 12 nitrogen and oxygen atoms in total. The predicted octanol–water partition coefficient (Wildman–Crippen LogP) is 0.889. The summed E-state index contributed by atoms with van der Waals surface area (Å²) in [7, 11) is -3.25. The number of β-lactam (4-membered cyclic amide) rings is 1. The summed E-state index contributed by atoms with van der Waals surface area (Å²) < 4.78 is 29.2. The first-order valence-corrected chi connectivity index (χ1v) is 14.5. The number of nitrogens with zero attached hydrogens (tertiary/aromatic N) is 2. The average molecular weight is 554 g/mol. The summed E-state index contributed by atoms with van der Waals surface area (Å²) in [4.78, 5) is 49.7. The van der Waals surface area contributed by atoms with E-state index in [1.54, 1.807) is 0 Å². The van der Waals surface area contributed by atoms with Gasteiger partial charge in [-0.25, -0.2) is 13.2 Å². The molecule has 4 rings (SSSR count). The summed E-state index contributed by atoms with van der Waals surface area (Å²) in [6, 6.07) is 5.04. The molecule has 0 bridgehead atoms. The van der Waals surface area contributed by atoms with Crippen molar-refractivity contribution in [3.63, 3.8) is 0 Å². The number of sulfone groups is 1. The summed E-state index contributed by atoms with van der Waals surface area (Å²) in [5.41, 5.74) is -0.958. The fourth-order valence-electron chi connectivity index (χ4n) is 4.91. The maximum absolute atomic E-state index is 13.2. The summed E-state index contributed by atoms with van der Waals surface area (Å²) in [6.07, 6.45) is 0.222. The largest absolute Gasteiger partial charge is 0.456 e. The highest BCUT2D eigenvalue weighted by Crippen LogP contribution is 2.51. The van der Waals surface area contributed by atoms with E-state index in [9.17, 15) is 38.0 Å². The number of amides is 2. The van der Waals surface area contributed by atoms with E-state index in [0.717, 1.165) is 0 Å². The lowest BCUT2D eigenvalue weighted by atomic mass is 9.71. The maximum atomic E-state index is 13.2. The van der Waals surface area contributed by atoms with Crippen LogP contribution in [0.3, 0.4) is 0 Å². The van der Waals surface area contributed by atoms with Gasteiger partial charge in [0.15, 0.2) is 9.84 Å². The number of carbonyl (C=O) groups is 3. The van der Waals surface area contributed by atoms with E-state index < -0.39 is 44.2 Å². The number of nitrogens with one attached hydrogen (secondary N) is 1. The molecule has 2 amide bonds. The second-order valence-corrected chi connectivity index (χ2v) is 12.8. The molecule has 0 aliphatic carbocycles. The molecule has 1 aromatic carbocycles. The molecule has 0 aromatic heterocycles. The van der Waals surface area contributed by atoms with Crippen molar-refractivity contribution in [3.05, 3.63) is 50.5 Å². The third kappa shape index (κ3) is 5.65. The number of esters is 1. The molecule has 14 heteroatoms. The van der Waals surface area contributed by atoms with Gasteiger partial charge < -0.3 is 20.1 Å². The van der Waals surface area contributed by atoms with Crippen molar-refractivity contribution in [1.29, 1.82) is 0 Å². The van der Waals surface area contributed by atoms with Crippen molar-refractivity contribution in [3.8, 4) is 0 Å². The lowest BCUT2D eigenvalue weighted by Crippen LogP contribution is -2.67. The number of nitro benzene ring substituents is 1. The Bertz CT molecular complexity index is 1250. The molecule has 3 aliphatic rings. The number of aliphatic hydroxyl groups is 1. The Morgan fingerprint density at radius 1 is 1.27 bits per heavy atom. The van der Waals surface area contributed by atoms with E-state index in [0.29, 0.717) is 29.2 Å². The number of non-ortho nitro benzene ring substituents is 1. The number of fused-ring (bicyclic) bond motifs is 1. The molecule has 2 fully saturated rings. The van der Waals surface area contributed by atoms with Gasteiger partial charge in [0, 0.05) is 42.7 Å². The van der Waals surface area contributed by atoms with Gasteiger partial charge in [0.05, 0.1) is 34.0 Å². The van der Waals surface area contributed by atoms with Gasteiger partial charge in [-0.2, -0.15) is 0 Å². The average Bonchev–Trinajstić information content (AvgIpc) is 3.16. The van der Waals surface area contributed by atoms with Crippen molar-refractivity contribution >= 4 is 45.1 Å². The maximum Gasteiger partial charge on any atom is 0.356 e. The molecule has 3 heterocycles. The first kappa shape index (κ1) is 27.1. The predicted molar refractivity (Wildman–Crippen MR) is 133 cm³/mol. The van der Waals surface area contributed by atoms with Gasteiger partial charge in [-0.15, -0.1) is 11.8 Å². The van der Waals surface area contributed by atoms with Gasteiger partial charge in [0.2, 0.25) is 11.8 Å². The highest BCUT2D eigenvalue weighted by atomic mass is 32.2. The lowest BCUT2D eigenvalue weighted by Gasteiger charge is -2.51. The zero-order valence-corrected chi connectivity index (χ0v) is 21.7. The van der Waals surface area contributed by atoms with Crippen LogP contribution < -0.4 is 5.32 Å². The number of rotatable bonds is 9. The standard InChI is InChI=1S/C23H27N3O9S2/c1-14(27)24-8-9-36-18-12-17-19(23(30)6-10-37(33,34)11-7-23)21(28)25(17)20(18)22(29)35-13-15-2-4-16(5-3-15)26(31)32/h2-5,17,19,30H,6-13H2,1H3,(H,24,27)/t17-,19+/m1/s1. The van der Waals surface area contributed by atoms with Crippen molar-refractivity contribution in [1.82, 2.24) is 10.2 Å². The van der Waals surface area contributed by atoms with E-state index in [-0.39, 0.29) is 48.2 Å². The lowest BCUT2D eigenvalue weighted by molar-refractivity contribution is -0.384. The number of carbonyl (C=O) groups excluding carboxylic acids is 3. The molecule has 2 N–H and O–H groups in total. The first-order valence-electron chi connectivity index (χ1n) is 11.7. The minimum absolute atomic E-state index is 0.0407.